The second-order valence-corrected chi connectivity index (χ2v) is 3.88. The molecule has 0 bridgehead atoms. The van der Waals surface area contributed by atoms with Gasteiger partial charge in [-0.2, -0.15) is 0 Å². The zero-order chi connectivity index (χ0) is 13.4. The minimum absolute atomic E-state index is 0.245. The van der Waals surface area contributed by atoms with Crippen LogP contribution in [0.25, 0.3) is 0 Å². The van der Waals surface area contributed by atoms with Crippen LogP contribution in [0.4, 0.5) is 4.79 Å². The predicted molar refractivity (Wildman–Crippen MR) is 68.7 cm³/mol. The Hall–Kier alpha value is -2.08. The monoisotopic (exact) mass is 250 g/mol. The summed E-state index contributed by atoms with van der Waals surface area (Å²) < 4.78 is 0. The van der Waals surface area contributed by atoms with E-state index in [4.69, 9.17) is 11.5 Å². The average Bonchev–Trinajstić information content (AvgIpc) is 2.35. The van der Waals surface area contributed by atoms with E-state index in [-0.39, 0.29) is 5.91 Å². The van der Waals surface area contributed by atoms with Crippen molar-refractivity contribution in [3.05, 3.63) is 35.9 Å². The summed E-state index contributed by atoms with van der Waals surface area (Å²) in [6, 6.07) is 8.33. The van der Waals surface area contributed by atoms with Gasteiger partial charge < -0.3 is 22.1 Å². The number of hydrogen-bond acceptors (Lipinski definition) is 3. The summed E-state index contributed by atoms with van der Waals surface area (Å²) in [6.07, 6.45) is 0.482. The lowest BCUT2D eigenvalue weighted by Gasteiger charge is -2.12. The second kappa shape index (κ2) is 7.29. The maximum atomic E-state index is 11.6. The van der Waals surface area contributed by atoms with Crippen LogP contribution >= 0.6 is 0 Å². The first-order valence-electron chi connectivity index (χ1n) is 5.70. The molecular formula is C12H18N4O2. The Morgan fingerprint density at radius 1 is 1.11 bits per heavy atom. The molecule has 0 saturated heterocycles. The van der Waals surface area contributed by atoms with Crippen LogP contribution < -0.4 is 22.1 Å². The van der Waals surface area contributed by atoms with Gasteiger partial charge in [-0.05, 0) is 12.0 Å². The zero-order valence-electron chi connectivity index (χ0n) is 10.1. The smallest absolute Gasteiger partial charge is 0.312 e. The molecule has 1 aromatic carbocycles. The van der Waals surface area contributed by atoms with Crippen LogP contribution in [0.5, 0.6) is 0 Å². The SMILES string of the molecule is NC(=O)NCCNC(=O)[C@H](N)Cc1ccccc1. The second-order valence-electron chi connectivity index (χ2n) is 3.88. The van der Waals surface area contributed by atoms with Crippen LogP contribution in [0.3, 0.4) is 0 Å². The molecule has 1 atom stereocenters. The maximum Gasteiger partial charge on any atom is 0.312 e. The number of urea groups is 1. The van der Waals surface area contributed by atoms with Gasteiger partial charge >= 0.3 is 6.03 Å². The topological polar surface area (TPSA) is 110 Å². The van der Waals surface area contributed by atoms with E-state index in [1.54, 1.807) is 0 Å². The molecule has 0 aliphatic rings. The molecule has 0 saturated carbocycles. The third-order valence-electron chi connectivity index (χ3n) is 2.36. The summed E-state index contributed by atoms with van der Waals surface area (Å²) in [6.45, 7) is 0.601. The summed E-state index contributed by atoms with van der Waals surface area (Å²) in [5, 5.41) is 5.00. The first-order valence-corrected chi connectivity index (χ1v) is 5.70. The quantitative estimate of drug-likeness (QED) is 0.503. The first kappa shape index (κ1) is 14.0. The molecule has 6 nitrogen and oxygen atoms in total. The molecule has 0 aliphatic carbocycles. The third kappa shape index (κ3) is 5.31. The van der Waals surface area contributed by atoms with E-state index in [0.29, 0.717) is 19.5 Å². The lowest BCUT2D eigenvalue weighted by molar-refractivity contribution is -0.122. The fourth-order valence-electron chi connectivity index (χ4n) is 1.46. The number of benzene rings is 1. The molecule has 18 heavy (non-hydrogen) atoms. The third-order valence-corrected chi connectivity index (χ3v) is 2.36. The molecule has 0 heterocycles. The van der Waals surface area contributed by atoms with E-state index in [0.717, 1.165) is 5.56 Å². The normalized spacial score (nSPS) is 11.6. The van der Waals surface area contributed by atoms with E-state index in [9.17, 15) is 9.59 Å². The van der Waals surface area contributed by atoms with Gasteiger partial charge in [0.05, 0.1) is 6.04 Å². The number of amides is 3. The van der Waals surface area contributed by atoms with E-state index >= 15 is 0 Å². The van der Waals surface area contributed by atoms with Crippen LogP contribution in [0.1, 0.15) is 5.56 Å². The van der Waals surface area contributed by atoms with Crippen molar-refractivity contribution in [1.82, 2.24) is 10.6 Å². The molecule has 6 N–H and O–H groups in total. The average molecular weight is 250 g/mol. The highest BCUT2D eigenvalue weighted by atomic mass is 16.2. The number of rotatable bonds is 6. The van der Waals surface area contributed by atoms with Gasteiger partial charge in [-0.1, -0.05) is 30.3 Å². The van der Waals surface area contributed by atoms with Crippen molar-refractivity contribution >= 4 is 11.9 Å². The number of nitrogens with one attached hydrogen (secondary N) is 2. The highest BCUT2D eigenvalue weighted by molar-refractivity contribution is 5.81. The number of nitrogens with two attached hydrogens (primary N) is 2. The Morgan fingerprint density at radius 3 is 2.33 bits per heavy atom. The van der Waals surface area contributed by atoms with E-state index in [1.165, 1.54) is 0 Å². The summed E-state index contributed by atoms with van der Waals surface area (Å²) >= 11 is 0. The molecule has 98 valence electrons. The Kier molecular flexibility index (Phi) is 5.66. The number of carbonyl (C=O) groups excluding carboxylic acids is 2. The van der Waals surface area contributed by atoms with Gasteiger partial charge in [0.15, 0.2) is 0 Å². The molecular weight excluding hydrogens is 232 g/mol. The molecule has 0 unspecified atom stereocenters. The first-order chi connectivity index (χ1) is 8.59. The highest BCUT2D eigenvalue weighted by Gasteiger charge is 2.12. The Bertz CT molecular complexity index is 394. The highest BCUT2D eigenvalue weighted by Crippen LogP contribution is 2.01. The fraction of sp³-hybridized carbons (Fsp3) is 0.333. The molecule has 1 rings (SSSR count). The van der Waals surface area contributed by atoms with Crippen molar-refractivity contribution in [2.45, 2.75) is 12.5 Å². The van der Waals surface area contributed by atoms with Crippen LogP contribution in [0.15, 0.2) is 30.3 Å². The van der Waals surface area contributed by atoms with Gasteiger partial charge in [0, 0.05) is 13.1 Å². The Labute approximate surface area is 106 Å². The minimum Gasteiger partial charge on any atom is -0.353 e. The molecule has 0 aliphatic heterocycles. The van der Waals surface area contributed by atoms with Gasteiger partial charge in [0.25, 0.3) is 0 Å². The molecule has 6 heteroatoms. The van der Waals surface area contributed by atoms with Crippen LogP contribution in [-0.2, 0) is 11.2 Å². The van der Waals surface area contributed by atoms with Crippen molar-refractivity contribution < 1.29 is 9.59 Å². The Balaban J connectivity index is 2.27. The number of carbonyl (C=O) groups is 2. The minimum atomic E-state index is -0.613. The number of hydrogen-bond donors (Lipinski definition) is 4. The van der Waals surface area contributed by atoms with E-state index < -0.39 is 12.1 Å². The molecule has 3 amide bonds. The van der Waals surface area contributed by atoms with Crippen LogP contribution in [0, 0.1) is 0 Å². The summed E-state index contributed by atoms with van der Waals surface area (Å²) in [5.74, 6) is -0.245. The van der Waals surface area contributed by atoms with Gasteiger partial charge in [-0.3, -0.25) is 4.79 Å². The summed E-state index contributed by atoms with van der Waals surface area (Å²) in [5.41, 5.74) is 11.7. The van der Waals surface area contributed by atoms with Gasteiger partial charge in [0.2, 0.25) is 5.91 Å². The van der Waals surface area contributed by atoms with Crippen LogP contribution in [0.2, 0.25) is 0 Å². The standard InChI is InChI=1S/C12H18N4O2/c13-10(8-9-4-2-1-3-5-9)11(17)15-6-7-16-12(14)18/h1-5,10H,6-8,13H2,(H,15,17)(H3,14,16,18)/t10-/m1/s1. The predicted octanol–water partition coefficient (Wildman–Crippen LogP) is -0.659. The summed E-state index contributed by atoms with van der Waals surface area (Å²) in [4.78, 5) is 22.0. The zero-order valence-corrected chi connectivity index (χ0v) is 10.1. The molecule has 0 aromatic heterocycles. The van der Waals surface area contributed by atoms with Crippen molar-refractivity contribution in [1.29, 1.82) is 0 Å². The summed E-state index contributed by atoms with van der Waals surface area (Å²) in [7, 11) is 0. The molecule has 1 aromatic rings. The van der Waals surface area contributed by atoms with E-state index in [1.807, 2.05) is 30.3 Å². The van der Waals surface area contributed by atoms with Gasteiger partial charge in [0.1, 0.15) is 0 Å². The number of primary amides is 1. The van der Waals surface area contributed by atoms with Crippen molar-refractivity contribution in [3.63, 3.8) is 0 Å². The van der Waals surface area contributed by atoms with Crippen LogP contribution in [-0.4, -0.2) is 31.1 Å². The van der Waals surface area contributed by atoms with Crippen molar-refractivity contribution in [2.24, 2.45) is 11.5 Å². The lowest BCUT2D eigenvalue weighted by Crippen LogP contribution is -2.45. The van der Waals surface area contributed by atoms with Crippen molar-refractivity contribution in [2.75, 3.05) is 13.1 Å². The Morgan fingerprint density at radius 2 is 1.72 bits per heavy atom. The van der Waals surface area contributed by atoms with Gasteiger partial charge in [-0.25, -0.2) is 4.79 Å². The van der Waals surface area contributed by atoms with Gasteiger partial charge in [-0.15, -0.1) is 0 Å². The molecule has 0 radical (unpaired) electrons. The largest absolute Gasteiger partial charge is 0.353 e. The lowest BCUT2D eigenvalue weighted by atomic mass is 10.1. The maximum absolute atomic E-state index is 11.6. The molecule has 0 spiro atoms. The fourth-order valence-corrected chi connectivity index (χ4v) is 1.46. The molecule has 0 fully saturated rings. The van der Waals surface area contributed by atoms with E-state index in [2.05, 4.69) is 10.6 Å². The van der Waals surface area contributed by atoms with Crippen molar-refractivity contribution in [3.8, 4) is 0 Å².